The number of hydrogen-bond acceptors (Lipinski definition) is 3. The maximum Gasteiger partial charge on any atom is 0.145 e. The topological polar surface area (TPSA) is 39.1 Å². The van der Waals surface area contributed by atoms with Gasteiger partial charge in [-0.3, -0.25) is 5.32 Å². The third-order valence-corrected chi connectivity index (χ3v) is 3.29. The summed E-state index contributed by atoms with van der Waals surface area (Å²) in [6, 6.07) is 12.5. The molecule has 0 heterocycles. The molecule has 0 amide bonds. The first-order valence-corrected chi connectivity index (χ1v) is 6.66. The van der Waals surface area contributed by atoms with Crippen LogP contribution in [-0.2, 0) is 5.54 Å². The molecule has 0 spiro atoms. The Bertz CT molecular complexity index is 378. The Morgan fingerprint density at radius 1 is 1.17 bits per heavy atom. The lowest BCUT2D eigenvalue weighted by molar-refractivity contribution is 0.231. The lowest BCUT2D eigenvalue weighted by atomic mass is 9.90. The molecule has 1 N–H and O–H groups in total. The highest BCUT2D eigenvalue weighted by atomic mass is 15.2. The van der Waals surface area contributed by atoms with Gasteiger partial charge in [-0.25, -0.2) is 0 Å². The lowest BCUT2D eigenvalue weighted by Gasteiger charge is -2.33. The van der Waals surface area contributed by atoms with Crippen LogP contribution in [0.4, 0.5) is 0 Å². The van der Waals surface area contributed by atoms with Crippen molar-refractivity contribution in [2.75, 3.05) is 26.2 Å². The van der Waals surface area contributed by atoms with E-state index in [0.29, 0.717) is 6.54 Å². The first kappa shape index (κ1) is 14.7. The van der Waals surface area contributed by atoms with Gasteiger partial charge in [0.15, 0.2) is 0 Å². The molecule has 0 radical (unpaired) electrons. The number of rotatable bonds is 7. The van der Waals surface area contributed by atoms with E-state index in [1.54, 1.807) is 0 Å². The van der Waals surface area contributed by atoms with Crippen molar-refractivity contribution in [3.8, 4) is 6.07 Å². The van der Waals surface area contributed by atoms with Gasteiger partial charge < -0.3 is 4.90 Å². The van der Waals surface area contributed by atoms with E-state index in [1.807, 2.05) is 37.3 Å². The summed E-state index contributed by atoms with van der Waals surface area (Å²) in [7, 11) is 0. The molecule has 0 aliphatic rings. The average molecular weight is 245 g/mol. The third-order valence-electron chi connectivity index (χ3n) is 3.29. The van der Waals surface area contributed by atoms with Gasteiger partial charge in [0, 0.05) is 6.54 Å². The quantitative estimate of drug-likeness (QED) is 0.801. The van der Waals surface area contributed by atoms with E-state index in [0.717, 1.165) is 25.2 Å². The Kier molecular flexibility index (Phi) is 5.84. The van der Waals surface area contributed by atoms with Gasteiger partial charge in [-0.05, 0) is 25.2 Å². The molecular formula is C15H23N3. The van der Waals surface area contributed by atoms with Crippen LogP contribution in [0.1, 0.15) is 26.3 Å². The molecule has 0 aromatic heterocycles. The molecule has 0 bridgehead atoms. The second kappa shape index (κ2) is 7.15. The van der Waals surface area contributed by atoms with Crippen molar-refractivity contribution in [1.29, 1.82) is 5.26 Å². The Balaban J connectivity index is 3.06. The predicted molar refractivity (Wildman–Crippen MR) is 75.2 cm³/mol. The van der Waals surface area contributed by atoms with Gasteiger partial charge in [0.25, 0.3) is 0 Å². The smallest absolute Gasteiger partial charge is 0.145 e. The van der Waals surface area contributed by atoms with Crippen LogP contribution >= 0.6 is 0 Å². The second-order valence-electron chi connectivity index (χ2n) is 4.37. The van der Waals surface area contributed by atoms with E-state index in [2.05, 4.69) is 30.1 Å². The molecule has 3 nitrogen and oxygen atoms in total. The van der Waals surface area contributed by atoms with Crippen molar-refractivity contribution in [3.63, 3.8) is 0 Å². The fourth-order valence-corrected chi connectivity index (χ4v) is 2.20. The van der Waals surface area contributed by atoms with E-state index in [1.165, 1.54) is 0 Å². The number of nitrogens with zero attached hydrogens (tertiary/aromatic N) is 2. The average Bonchev–Trinajstić information content (AvgIpc) is 2.44. The van der Waals surface area contributed by atoms with Crippen LogP contribution in [0.15, 0.2) is 30.3 Å². The summed E-state index contributed by atoms with van der Waals surface area (Å²) in [6.07, 6.45) is 0. The van der Waals surface area contributed by atoms with Gasteiger partial charge in [0.1, 0.15) is 5.54 Å². The van der Waals surface area contributed by atoms with Gasteiger partial charge in [-0.15, -0.1) is 0 Å². The standard InChI is InChI=1S/C15H23N3/c1-4-17-15(12-16,13-18(5-2)6-3)14-10-8-7-9-11-14/h7-11,17H,4-6,13H2,1-3H3. The summed E-state index contributed by atoms with van der Waals surface area (Å²) < 4.78 is 0. The zero-order valence-electron chi connectivity index (χ0n) is 11.6. The highest BCUT2D eigenvalue weighted by Crippen LogP contribution is 2.21. The molecule has 1 rings (SSSR count). The Morgan fingerprint density at radius 2 is 1.78 bits per heavy atom. The maximum absolute atomic E-state index is 9.66. The first-order chi connectivity index (χ1) is 8.72. The summed E-state index contributed by atoms with van der Waals surface area (Å²) in [5.41, 5.74) is 0.434. The van der Waals surface area contributed by atoms with Crippen LogP contribution in [0.5, 0.6) is 0 Å². The van der Waals surface area contributed by atoms with Crippen molar-refractivity contribution in [2.45, 2.75) is 26.3 Å². The van der Waals surface area contributed by atoms with E-state index < -0.39 is 5.54 Å². The number of benzene rings is 1. The molecule has 18 heavy (non-hydrogen) atoms. The van der Waals surface area contributed by atoms with E-state index in [-0.39, 0.29) is 0 Å². The summed E-state index contributed by atoms with van der Waals surface area (Å²) in [5, 5.41) is 13.0. The van der Waals surface area contributed by atoms with Crippen molar-refractivity contribution >= 4 is 0 Å². The minimum absolute atomic E-state index is 0.609. The zero-order chi connectivity index (χ0) is 13.4. The highest BCUT2D eigenvalue weighted by Gasteiger charge is 2.32. The first-order valence-electron chi connectivity index (χ1n) is 6.66. The largest absolute Gasteiger partial charge is 0.301 e. The van der Waals surface area contributed by atoms with Crippen LogP contribution in [0, 0.1) is 11.3 Å². The molecule has 0 saturated carbocycles. The van der Waals surface area contributed by atoms with Crippen LogP contribution in [0.25, 0.3) is 0 Å². The Labute approximate surface area is 110 Å². The van der Waals surface area contributed by atoms with Crippen molar-refractivity contribution in [3.05, 3.63) is 35.9 Å². The van der Waals surface area contributed by atoms with E-state index in [4.69, 9.17) is 0 Å². The summed E-state index contributed by atoms with van der Waals surface area (Å²) in [5.74, 6) is 0. The van der Waals surface area contributed by atoms with Gasteiger partial charge in [0.05, 0.1) is 6.07 Å². The van der Waals surface area contributed by atoms with Gasteiger partial charge in [-0.2, -0.15) is 5.26 Å². The van der Waals surface area contributed by atoms with Crippen LogP contribution in [-0.4, -0.2) is 31.1 Å². The van der Waals surface area contributed by atoms with Crippen molar-refractivity contribution < 1.29 is 0 Å². The zero-order valence-corrected chi connectivity index (χ0v) is 11.6. The highest BCUT2D eigenvalue weighted by molar-refractivity contribution is 5.32. The van der Waals surface area contributed by atoms with Gasteiger partial charge in [-0.1, -0.05) is 51.1 Å². The normalized spacial score (nSPS) is 14.2. The maximum atomic E-state index is 9.66. The number of hydrogen-bond donors (Lipinski definition) is 1. The second-order valence-corrected chi connectivity index (χ2v) is 4.37. The van der Waals surface area contributed by atoms with Gasteiger partial charge in [0.2, 0.25) is 0 Å². The molecule has 1 unspecified atom stereocenters. The fourth-order valence-electron chi connectivity index (χ4n) is 2.20. The van der Waals surface area contributed by atoms with Gasteiger partial charge >= 0.3 is 0 Å². The Hall–Kier alpha value is -1.37. The monoisotopic (exact) mass is 245 g/mol. The van der Waals surface area contributed by atoms with E-state index in [9.17, 15) is 5.26 Å². The summed E-state index contributed by atoms with van der Waals surface area (Å²) >= 11 is 0. The van der Waals surface area contributed by atoms with E-state index >= 15 is 0 Å². The minimum Gasteiger partial charge on any atom is -0.301 e. The van der Waals surface area contributed by atoms with Crippen molar-refractivity contribution in [2.24, 2.45) is 0 Å². The molecule has 1 atom stereocenters. The molecule has 1 aromatic rings. The summed E-state index contributed by atoms with van der Waals surface area (Å²) in [6.45, 7) is 9.71. The third kappa shape index (κ3) is 3.32. The molecule has 1 aromatic carbocycles. The molecule has 0 aliphatic carbocycles. The fraction of sp³-hybridized carbons (Fsp3) is 0.533. The SMILES string of the molecule is CCNC(C#N)(CN(CC)CC)c1ccccc1. The molecular weight excluding hydrogens is 222 g/mol. The van der Waals surface area contributed by atoms with Crippen LogP contribution in [0.3, 0.4) is 0 Å². The molecule has 0 aliphatic heterocycles. The summed E-state index contributed by atoms with van der Waals surface area (Å²) in [4.78, 5) is 2.28. The van der Waals surface area contributed by atoms with Crippen LogP contribution in [0.2, 0.25) is 0 Å². The molecule has 0 saturated heterocycles. The number of likely N-dealkylation sites (N-methyl/N-ethyl adjacent to an activating group) is 2. The number of nitrogens with one attached hydrogen (secondary N) is 1. The van der Waals surface area contributed by atoms with Crippen molar-refractivity contribution in [1.82, 2.24) is 10.2 Å². The lowest BCUT2D eigenvalue weighted by Crippen LogP contribution is -2.50. The predicted octanol–water partition coefficient (Wildman–Crippen LogP) is 2.36. The Morgan fingerprint density at radius 3 is 2.22 bits per heavy atom. The molecule has 98 valence electrons. The molecule has 0 fully saturated rings. The number of nitriles is 1. The van der Waals surface area contributed by atoms with Crippen LogP contribution < -0.4 is 5.32 Å². The molecule has 3 heteroatoms. The minimum atomic E-state index is -0.609.